The first-order chi connectivity index (χ1) is 19.1. The zero-order chi connectivity index (χ0) is 28.4. The fraction of sp³-hybridized carbons (Fsp3) is 0.364. The molecule has 1 aliphatic heterocycles. The van der Waals surface area contributed by atoms with Crippen LogP contribution in [0.25, 0.3) is 11.1 Å². The molecule has 1 N–H and O–H groups in total. The van der Waals surface area contributed by atoms with Crippen LogP contribution in [0.5, 0.6) is 0 Å². The van der Waals surface area contributed by atoms with E-state index in [1.165, 1.54) is 17.7 Å². The molecule has 1 aliphatic carbocycles. The van der Waals surface area contributed by atoms with E-state index in [0.29, 0.717) is 42.7 Å². The number of likely N-dealkylation sites (tertiary alicyclic amines) is 1. The first-order valence-electron chi connectivity index (χ1n) is 13.8. The number of fused-ring (bicyclic) bond motifs is 1. The summed E-state index contributed by atoms with van der Waals surface area (Å²) in [7, 11) is 0. The van der Waals surface area contributed by atoms with Crippen LogP contribution in [0.15, 0.2) is 60.7 Å². The number of carboxylic acid groups (broad SMARTS) is 1. The summed E-state index contributed by atoms with van der Waals surface area (Å²) in [5.74, 6) is -0.476. The van der Waals surface area contributed by atoms with Gasteiger partial charge in [-0.1, -0.05) is 36.4 Å². The molecule has 0 aromatic heterocycles. The lowest BCUT2D eigenvalue weighted by molar-refractivity contribution is -0.137. The molecule has 1 saturated heterocycles. The highest BCUT2D eigenvalue weighted by molar-refractivity contribution is 6.00. The molecule has 1 fully saturated rings. The smallest absolute Gasteiger partial charge is 0.416 e. The van der Waals surface area contributed by atoms with Gasteiger partial charge in [-0.25, -0.2) is 4.79 Å². The van der Waals surface area contributed by atoms with E-state index >= 15 is 0 Å². The van der Waals surface area contributed by atoms with Crippen LogP contribution in [-0.4, -0.2) is 42.3 Å². The lowest BCUT2D eigenvalue weighted by Gasteiger charge is -2.39. The van der Waals surface area contributed by atoms with Gasteiger partial charge in [-0.05, 0) is 114 Å². The van der Waals surface area contributed by atoms with Crippen LogP contribution in [0, 0.1) is 12.8 Å². The van der Waals surface area contributed by atoms with Crippen molar-refractivity contribution < 1.29 is 27.5 Å². The van der Waals surface area contributed by atoms with E-state index in [1.807, 2.05) is 12.1 Å². The van der Waals surface area contributed by atoms with Crippen molar-refractivity contribution in [3.05, 3.63) is 105 Å². The van der Waals surface area contributed by atoms with Gasteiger partial charge >= 0.3 is 12.1 Å². The topological polar surface area (TPSA) is 40.5 Å². The number of benzene rings is 3. The monoisotopic (exact) mass is 587 g/mol. The van der Waals surface area contributed by atoms with Crippen molar-refractivity contribution in [2.75, 3.05) is 26.3 Å². The van der Waals surface area contributed by atoms with Gasteiger partial charge in [-0.2, -0.15) is 13.2 Å². The van der Waals surface area contributed by atoms with Gasteiger partial charge in [-0.3, -0.25) is 4.39 Å². The predicted molar refractivity (Wildman–Crippen MR) is 156 cm³/mol. The number of allylic oxidation sites excluding steroid dienone is 1. The van der Waals surface area contributed by atoms with Crippen LogP contribution in [0.2, 0.25) is 0 Å². The van der Waals surface area contributed by atoms with E-state index in [2.05, 4.69) is 17.0 Å². The van der Waals surface area contributed by atoms with E-state index < -0.39 is 17.7 Å². The quantitative estimate of drug-likeness (QED) is 0.270. The molecule has 1 heterocycles. The number of aryl methyl sites for hydroxylation is 2. The molecule has 8 heteroatoms. The number of rotatable bonds is 8. The Morgan fingerprint density at radius 3 is 2.37 bits per heavy atom. The number of aromatic carboxylic acids is 1. The SMILES string of the molecule is Cc1cc(C2=C(c3ccc(CC4CN(CCCF)C4)cc3)c3ccc(C(=O)O)cc3CCC2)cc(C(F)(F)F)c1.Cl. The zero-order valence-electron chi connectivity index (χ0n) is 22.9. The summed E-state index contributed by atoms with van der Waals surface area (Å²) < 4.78 is 53.7. The largest absolute Gasteiger partial charge is 0.478 e. The minimum atomic E-state index is -4.45. The van der Waals surface area contributed by atoms with Gasteiger partial charge < -0.3 is 10.0 Å². The van der Waals surface area contributed by atoms with Crippen LogP contribution in [0.3, 0.4) is 0 Å². The van der Waals surface area contributed by atoms with E-state index in [-0.39, 0.29) is 24.6 Å². The molecule has 0 spiro atoms. The molecule has 2 aliphatic rings. The maximum atomic E-state index is 13.8. The number of carbonyl (C=O) groups is 1. The molecule has 3 nitrogen and oxygen atoms in total. The van der Waals surface area contributed by atoms with Crippen molar-refractivity contribution in [1.29, 1.82) is 0 Å². The lowest BCUT2D eigenvalue weighted by atomic mass is 9.85. The Kier molecular flexibility index (Phi) is 9.60. The van der Waals surface area contributed by atoms with Gasteiger partial charge in [-0.15, -0.1) is 12.4 Å². The van der Waals surface area contributed by atoms with Gasteiger partial charge in [0.1, 0.15) is 0 Å². The Morgan fingerprint density at radius 1 is 0.976 bits per heavy atom. The second-order valence-electron chi connectivity index (χ2n) is 11.0. The number of carboxylic acids is 1. The van der Waals surface area contributed by atoms with Crippen LogP contribution in [0.4, 0.5) is 17.6 Å². The van der Waals surface area contributed by atoms with Crippen LogP contribution in [-0.2, 0) is 19.0 Å². The second-order valence-corrected chi connectivity index (χ2v) is 11.0. The summed E-state index contributed by atoms with van der Waals surface area (Å²) in [6, 6.07) is 17.5. The standard InChI is InChI=1S/C33H33F4NO2.ClH/c1-21-14-27(18-28(15-21)33(35,36)37)29-5-2-4-25-17-26(32(39)40)10-11-30(25)31(29)24-8-6-22(7-9-24)16-23-19-38(20-23)13-3-12-34;/h6-11,14-15,17-18,23H,2-5,12-13,16,19-20H2,1H3,(H,39,40);1H. The highest BCUT2D eigenvalue weighted by Crippen LogP contribution is 2.42. The van der Waals surface area contributed by atoms with Crippen molar-refractivity contribution in [3.8, 4) is 0 Å². The maximum Gasteiger partial charge on any atom is 0.416 e. The predicted octanol–water partition coefficient (Wildman–Crippen LogP) is 8.26. The molecule has 41 heavy (non-hydrogen) atoms. The maximum absolute atomic E-state index is 13.8. The first-order valence-corrected chi connectivity index (χ1v) is 13.8. The Morgan fingerprint density at radius 2 is 1.71 bits per heavy atom. The average molecular weight is 588 g/mol. The van der Waals surface area contributed by atoms with E-state index in [9.17, 15) is 27.5 Å². The molecular weight excluding hydrogens is 554 g/mol. The van der Waals surface area contributed by atoms with E-state index in [4.69, 9.17) is 0 Å². The van der Waals surface area contributed by atoms with Gasteiger partial charge in [0.05, 0.1) is 17.8 Å². The van der Waals surface area contributed by atoms with Gasteiger partial charge in [0, 0.05) is 19.6 Å². The van der Waals surface area contributed by atoms with E-state index in [1.54, 1.807) is 31.2 Å². The zero-order valence-corrected chi connectivity index (χ0v) is 23.8. The van der Waals surface area contributed by atoms with Gasteiger partial charge in [0.25, 0.3) is 0 Å². The summed E-state index contributed by atoms with van der Waals surface area (Å²) >= 11 is 0. The van der Waals surface area contributed by atoms with Crippen molar-refractivity contribution >= 4 is 29.5 Å². The van der Waals surface area contributed by atoms with Crippen molar-refractivity contribution in [2.24, 2.45) is 5.92 Å². The molecule has 0 unspecified atom stereocenters. The number of hydrogen-bond acceptors (Lipinski definition) is 2. The lowest BCUT2D eigenvalue weighted by Crippen LogP contribution is -2.47. The molecule has 0 saturated carbocycles. The molecule has 3 aromatic carbocycles. The Bertz CT molecular complexity index is 1430. The van der Waals surface area contributed by atoms with Crippen LogP contribution >= 0.6 is 12.4 Å². The second kappa shape index (κ2) is 12.8. The van der Waals surface area contributed by atoms with Crippen molar-refractivity contribution in [3.63, 3.8) is 0 Å². The minimum Gasteiger partial charge on any atom is -0.478 e. The first kappa shape index (κ1) is 30.8. The third-order valence-electron chi connectivity index (χ3n) is 7.96. The molecule has 0 bridgehead atoms. The number of hydrogen-bond donors (Lipinski definition) is 1. The average Bonchev–Trinajstić information content (AvgIpc) is 3.08. The third-order valence-corrected chi connectivity index (χ3v) is 7.96. The number of halogens is 5. The highest BCUT2D eigenvalue weighted by atomic mass is 35.5. The van der Waals surface area contributed by atoms with Crippen LogP contribution < -0.4 is 0 Å². The fourth-order valence-corrected chi connectivity index (χ4v) is 6.07. The molecule has 3 aromatic rings. The normalized spacial score (nSPS) is 16.0. The summed E-state index contributed by atoms with van der Waals surface area (Å²) in [4.78, 5) is 13.9. The Hall–Kier alpha value is -3.16. The highest BCUT2D eigenvalue weighted by Gasteiger charge is 2.32. The molecule has 0 atom stereocenters. The summed E-state index contributed by atoms with van der Waals surface area (Å²) in [5, 5.41) is 9.56. The summed E-state index contributed by atoms with van der Waals surface area (Å²) in [5.41, 5.74) is 6.15. The molecule has 5 rings (SSSR count). The minimum absolute atomic E-state index is 0. The van der Waals surface area contributed by atoms with Crippen molar-refractivity contribution in [2.45, 2.75) is 45.2 Å². The van der Waals surface area contributed by atoms with Gasteiger partial charge in [0.2, 0.25) is 0 Å². The summed E-state index contributed by atoms with van der Waals surface area (Å²) in [6.45, 7) is 4.11. The third kappa shape index (κ3) is 7.02. The van der Waals surface area contributed by atoms with Crippen LogP contribution in [0.1, 0.15) is 68.6 Å². The molecule has 0 radical (unpaired) electrons. The molecular formula is C33H34ClF4NO2. The fourth-order valence-electron chi connectivity index (χ4n) is 6.07. The molecule has 0 amide bonds. The summed E-state index contributed by atoms with van der Waals surface area (Å²) in [6.07, 6.45) is -1.05. The Labute approximate surface area is 244 Å². The number of alkyl halides is 4. The van der Waals surface area contributed by atoms with E-state index in [0.717, 1.165) is 53.9 Å². The Balaban J connectivity index is 0.00000387. The van der Waals surface area contributed by atoms with Gasteiger partial charge in [0.15, 0.2) is 0 Å². The molecule has 218 valence electrons. The van der Waals surface area contributed by atoms with Crippen molar-refractivity contribution in [1.82, 2.24) is 4.90 Å². The number of nitrogens with zero attached hydrogens (tertiary/aromatic N) is 1.